The number of carbonyl (C=O) groups is 3. The van der Waals surface area contributed by atoms with E-state index < -0.39 is 11.6 Å². The fraction of sp³-hybridized carbons (Fsp3) is 0.632. The number of urea groups is 1. The summed E-state index contributed by atoms with van der Waals surface area (Å²) in [5.74, 6) is 0.206. The monoisotopic (exact) mass is 375 g/mol. The van der Waals surface area contributed by atoms with Crippen molar-refractivity contribution in [3.63, 3.8) is 0 Å². The first-order valence-corrected chi connectivity index (χ1v) is 10.3. The van der Waals surface area contributed by atoms with Gasteiger partial charge in [-0.25, -0.2) is 4.79 Å². The highest BCUT2D eigenvalue weighted by Crippen LogP contribution is 2.37. The van der Waals surface area contributed by atoms with Crippen LogP contribution in [0.25, 0.3) is 0 Å². The minimum Gasteiger partial charge on any atom is -0.334 e. The van der Waals surface area contributed by atoms with Crippen molar-refractivity contribution in [1.29, 1.82) is 0 Å². The van der Waals surface area contributed by atoms with Crippen LogP contribution in [0, 0.1) is 5.92 Å². The van der Waals surface area contributed by atoms with Crippen molar-refractivity contribution in [2.45, 2.75) is 57.5 Å². The van der Waals surface area contributed by atoms with Gasteiger partial charge in [0, 0.05) is 11.4 Å². The molecule has 2 fully saturated rings. The maximum absolute atomic E-state index is 12.9. The maximum atomic E-state index is 12.9. The molecule has 7 heteroatoms. The predicted octanol–water partition coefficient (Wildman–Crippen LogP) is 2.69. The number of rotatable bonds is 2. The Bertz CT molecular complexity index is 751. The number of hydrogen-bond acceptors (Lipinski definition) is 4. The molecule has 1 saturated heterocycles. The minimum atomic E-state index is -0.780. The third-order valence-electron chi connectivity index (χ3n) is 6.26. The Hall–Kier alpha value is -1.89. The molecule has 1 N–H and O–H groups in total. The zero-order valence-corrected chi connectivity index (χ0v) is 16.1. The normalized spacial score (nSPS) is 31.3. The number of nitrogens with one attached hydrogen (secondary N) is 1. The van der Waals surface area contributed by atoms with Crippen LogP contribution in [-0.4, -0.2) is 46.3 Å². The van der Waals surface area contributed by atoms with Gasteiger partial charge in [0.1, 0.15) is 12.1 Å². The Morgan fingerprint density at radius 2 is 2.04 bits per heavy atom. The topological polar surface area (TPSA) is 69.7 Å². The van der Waals surface area contributed by atoms with E-state index in [1.807, 2.05) is 6.92 Å². The van der Waals surface area contributed by atoms with Crippen molar-refractivity contribution in [2.75, 3.05) is 13.1 Å². The molecule has 1 spiro atoms. The highest BCUT2D eigenvalue weighted by atomic mass is 32.1. The largest absolute Gasteiger partial charge is 0.334 e. The first-order valence-electron chi connectivity index (χ1n) is 9.41. The Labute approximate surface area is 157 Å². The summed E-state index contributed by atoms with van der Waals surface area (Å²) < 4.78 is 0. The molecule has 1 atom stereocenters. The van der Waals surface area contributed by atoms with Crippen molar-refractivity contribution in [1.82, 2.24) is 15.1 Å². The van der Waals surface area contributed by atoms with Crippen LogP contribution in [0.3, 0.4) is 0 Å². The number of imide groups is 1. The lowest BCUT2D eigenvalue weighted by atomic mass is 9.77. The lowest BCUT2D eigenvalue weighted by Crippen LogP contribution is -2.50. The van der Waals surface area contributed by atoms with Gasteiger partial charge >= 0.3 is 6.03 Å². The molecule has 4 amide bonds. The Morgan fingerprint density at radius 3 is 2.77 bits per heavy atom. The number of hydrogen-bond donors (Lipinski definition) is 1. The smallest absolute Gasteiger partial charge is 0.325 e. The summed E-state index contributed by atoms with van der Waals surface area (Å²) in [6, 6.07) is 1.64. The molecule has 1 unspecified atom stereocenters. The van der Waals surface area contributed by atoms with Gasteiger partial charge in [-0.3, -0.25) is 14.5 Å². The van der Waals surface area contributed by atoms with Gasteiger partial charge in [0.2, 0.25) is 5.91 Å². The minimum absolute atomic E-state index is 0.0113. The molecule has 0 radical (unpaired) electrons. The second-order valence-corrected chi connectivity index (χ2v) is 8.90. The van der Waals surface area contributed by atoms with Gasteiger partial charge in [-0.2, -0.15) is 0 Å². The summed E-state index contributed by atoms with van der Waals surface area (Å²) >= 11 is 1.72. The first kappa shape index (κ1) is 17.5. The predicted molar refractivity (Wildman–Crippen MR) is 98.8 cm³/mol. The second-order valence-electron chi connectivity index (χ2n) is 7.90. The average molecular weight is 375 g/mol. The molecule has 0 aromatic carbocycles. The van der Waals surface area contributed by atoms with E-state index in [1.165, 1.54) is 10.4 Å². The van der Waals surface area contributed by atoms with Gasteiger partial charge in [0.05, 0.1) is 6.04 Å². The van der Waals surface area contributed by atoms with Gasteiger partial charge in [0.15, 0.2) is 0 Å². The number of carbonyl (C=O) groups excluding carboxylic acids is 3. The van der Waals surface area contributed by atoms with Crippen molar-refractivity contribution < 1.29 is 14.4 Å². The van der Waals surface area contributed by atoms with Crippen molar-refractivity contribution in [3.05, 3.63) is 21.9 Å². The Balaban J connectivity index is 1.46. The molecule has 0 bridgehead atoms. The van der Waals surface area contributed by atoms with Crippen molar-refractivity contribution >= 4 is 29.2 Å². The molecule has 2 aliphatic heterocycles. The van der Waals surface area contributed by atoms with E-state index in [2.05, 4.69) is 23.7 Å². The second kappa shape index (κ2) is 6.37. The molecule has 26 heavy (non-hydrogen) atoms. The van der Waals surface area contributed by atoms with E-state index in [0.29, 0.717) is 25.3 Å². The third-order valence-corrected chi connectivity index (χ3v) is 7.26. The first-order chi connectivity index (χ1) is 12.4. The van der Waals surface area contributed by atoms with E-state index in [-0.39, 0.29) is 24.4 Å². The molecule has 1 saturated carbocycles. The van der Waals surface area contributed by atoms with Crippen LogP contribution in [-0.2, 0) is 16.0 Å². The van der Waals surface area contributed by atoms with Crippen molar-refractivity contribution in [3.8, 4) is 0 Å². The molecule has 4 rings (SSSR count). The number of thiophene rings is 1. The molecule has 1 aliphatic carbocycles. The summed E-state index contributed by atoms with van der Waals surface area (Å²) in [6.07, 6.45) is 4.03. The SMILES string of the molecule is CC1CCC2(CC1)NC(=O)N(CC(=O)N1CCc3sccc3C1C)C2=O. The standard InChI is InChI=1S/C19H25N3O3S/c1-12-3-7-19(8-4-12)17(24)22(18(25)20-19)11-16(23)21-9-5-15-14(13(21)2)6-10-26-15/h6,10,12-13H,3-5,7-9,11H2,1-2H3,(H,20,25). The van der Waals surface area contributed by atoms with Crippen LogP contribution >= 0.6 is 11.3 Å². The Kier molecular flexibility index (Phi) is 4.29. The zero-order chi connectivity index (χ0) is 18.5. The molecular weight excluding hydrogens is 350 g/mol. The summed E-state index contributed by atoms with van der Waals surface area (Å²) in [4.78, 5) is 42.5. The Morgan fingerprint density at radius 1 is 1.31 bits per heavy atom. The molecule has 6 nitrogen and oxygen atoms in total. The maximum Gasteiger partial charge on any atom is 0.325 e. The van der Waals surface area contributed by atoms with E-state index >= 15 is 0 Å². The fourth-order valence-electron chi connectivity index (χ4n) is 4.49. The quantitative estimate of drug-likeness (QED) is 0.808. The van der Waals surface area contributed by atoms with Gasteiger partial charge in [-0.1, -0.05) is 6.92 Å². The van der Waals surface area contributed by atoms with E-state index in [0.717, 1.165) is 24.2 Å². The molecular formula is C19H25N3O3S. The zero-order valence-electron chi connectivity index (χ0n) is 15.3. The molecule has 140 valence electrons. The highest BCUT2D eigenvalue weighted by Gasteiger charge is 2.52. The van der Waals surface area contributed by atoms with E-state index in [9.17, 15) is 14.4 Å². The summed E-state index contributed by atoms with van der Waals surface area (Å²) in [5.41, 5.74) is 0.405. The summed E-state index contributed by atoms with van der Waals surface area (Å²) in [7, 11) is 0. The van der Waals surface area contributed by atoms with E-state index in [4.69, 9.17) is 0 Å². The van der Waals surface area contributed by atoms with Gasteiger partial charge in [-0.05, 0) is 62.0 Å². The van der Waals surface area contributed by atoms with Crippen LogP contribution in [0.5, 0.6) is 0 Å². The molecule has 3 heterocycles. The average Bonchev–Trinajstić information content (AvgIpc) is 3.18. The lowest BCUT2D eigenvalue weighted by Gasteiger charge is -2.35. The highest BCUT2D eigenvalue weighted by molar-refractivity contribution is 7.10. The van der Waals surface area contributed by atoms with Gasteiger partial charge < -0.3 is 10.2 Å². The lowest BCUT2D eigenvalue weighted by molar-refractivity contribution is -0.141. The molecule has 1 aromatic rings. The van der Waals surface area contributed by atoms with E-state index in [1.54, 1.807) is 16.2 Å². The van der Waals surface area contributed by atoms with Gasteiger partial charge in [-0.15, -0.1) is 11.3 Å². The third kappa shape index (κ3) is 2.73. The van der Waals surface area contributed by atoms with Crippen LogP contribution in [0.2, 0.25) is 0 Å². The fourth-order valence-corrected chi connectivity index (χ4v) is 5.45. The van der Waals surface area contributed by atoms with Crippen LogP contribution in [0.4, 0.5) is 4.79 Å². The number of nitrogens with zero attached hydrogens (tertiary/aromatic N) is 2. The summed E-state index contributed by atoms with van der Waals surface area (Å²) in [6.45, 7) is 4.66. The summed E-state index contributed by atoms with van der Waals surface area (Å²) in [5, 5.41) is 4.94. The molecule has 3 aliphatic rings. The van der Waals surface area contributed by atoms with Crippen LogP contribution in [0.1, 0.15) is 56.0 Å². The molecule has 1 aromatic heterocycles. The van der Waals surface area contributed by atoms with Crippen LogP contribution in [0.15, 0.2) is 11.4 Å². The van der Waals surface area contributed by atoms with Gasteiger partial charge in [0.25, 0.3) is 5.91 Å². The van der Waals surface area contributed by atoms with Crippen molar-refractivity contribution in [2.24, 2.45) is 5.92 Å². The number of fused-ring (bicyclic) bond motifs is 1. The number of amides is 4. The van der Waals surface area contributed by atoms with Crippen LogP contribution < -0.4 is 5.32 Å².